The van der Waals surface area contributed by atoms with Crippen LogP contribution in [0.2, 0.25) is 0 Å². The number of hydrogen-bond acceptors (Lipinski definition) is 6. The molecule has 0 heterocycles. The predicted octanol–water partition coefficient (Wildman–Crippen LogP) is 2.31. The fraction of sp³-hybridized carbons (Fsp3) is 0.429. The van der Waals surface area contributed by atoms with Crippen LogP contribution in [0.15, 0.2) is 21.5 Å². The van der Waals surface area contributed by atoms with Crippen LogP contribution >= 0.6 is 23.2 Å². The van der Waals surface area contributed by atoms with Crippen LogP contribution in [-0.4, -0.2) is 37.0 Å². The smallest absolute Gasteiger partial charge is 0.411 e. The summed E-state index contributed by atoms with van der Waals surface area (Å²) in [6.07, 6.45) is -0.757. The maximum atomic E-state index is 12.1. The lowest BCUT2D eigenvalue weighted by atomic mass is 10.1. The lowest BCUT2D eigenvalue weighted by molar-refractivity contribution is -0.116. The van der Waals surface area contributed by atoms with Crippen LogP contribution in [0.1, 0.15) is 26.7 Å². The van der Waals surface area contributed by atoms with E-state index in [0.29, 0.717) is 12.8 Å². The molecule has 132 valence electrons. The van der Waals surface area contributed by atoms with Crippen molar-refractivity contribution in [1.29, 1.82) is 0 Å². The molecule has 0 saturated heterocycles. The van der Waals surface area contributed by atoms with Crippen molar-refractivity contribution in [2.45, 2.75) is 26.7 Å². The van der Waals surface area contributed by atoms with Crippen molar-refractivity contribution in [3.63, 3.8) is 0 Å². The van der Waals surface area contributed by atoms with Gasteiger partial charge >= 0.3 is 12.2 Å². The van der Waals surface area contributed by atoms with Crippen molar-refractivity contribution >= 4 is 47.0 Å². The number of rotatable bonds is 6. The second-order valence-corrected chi connectivity index (χ2v) is 5.31. The van der Waals surface area contributed by atoms with E-state index in [-0.39, 0.29) is 13.2 Å². The molecule has 0 radical (unpaired) electrons. The van der Waals surface area contributed by atoms with Gasteiger partial charge in [-0.2, -0.15) is 0 Å². The molecule has 1 aliphatic rings. The van der Waals surface area contributed by atoms with E-state index in [9.17, 15) is 19.2 Å². The molecular formula is C14H16Cl2N2O6. The van der Waals surface area contributed by atoms with Gasteiger partial charge in [0.1, 0.15) is 21.5 Å². The topological polar surface area (TPSA) is 111 Å². The highest BCUT2D eigenvalue weighted by Crippen LogP contribution is 2.27. The Kier molecular flexibility index (Phi) is 7.73. The van der Waals surface area contributed by atoms with E-state index < -0.39 is 45.2 Å². The van der Waals surface area contributed by atoms with Gasteiger partial charge in [0, 0.05) is 0 Å². The Labute approximate surface area is 148 Å². The molecule has 1 rings (SSSR count). The van der Waals surface area contributed by atoms with Crippen molar-refractivity contribution in [2.75, 3.05) is 13.2 Å². The first-order valence-corrected chi connectivity index (χ1v) is 7.85. The van der Waals surface area contributed by atoms with E-state index >= 15 is 0 Å². The highest BCUT2D eigenvalue weighted by molar-refractivity contribution is 6.56. The van der Waals surface area contributed by atoms with Gasteiger partial charge in [0.2, 0.25) is 11.6 Å². The van der Waals surface area contributed by atoms with Gasteiger partial charge in [0.25, 0.3) is 0 Å². The Morgan fingerprint density at radius 2 is 1.17 bits per heavy atom. The number of carbonyl (C=O) groups is 4. The molecule has 0 aromatic rings. The molecule has 0 atom stereocenters. The number of halogens is 2. The summed E-state index contributed by atoms with van der Waals surface area (Å²) in [4.78, 5) is 47.3. The Hall–Kier alpha value is -2.06. The van der Waals surface area contributed by atoms with Gasteiger partial charge in [-0.3, -0.25) is 20.2 Å². The summed E-state index contributed by atoms with van der Waals surface area (Å²) < 4.78 is 9.48. The second-order valence-electron chi connectivity index (χ2n) is 4.56. The largest absolute Gasteiger partial charge is 0.449 e. The van der Waals surface area contributed by atoms with Crippen LogP contribution < -0.4 is 10.6 Å². The number of carbonyl (C=O) groups excluding carboxylic acids is 4. The molecule has 0 aromatic carbocycles. The quantitative estimate of drug-likeness (QED) is 0.686. The lowest BCUT2D eigenvalue weighted by Gasteiger charge is -2.18. The highest BCUT2D eigenvalue weighted by Gasteiger charge is 2.35. The third-order valence-corrected chi connectivity index (χ3v) is 3.34. The van der Waals surface area contributed by atoms with E-state index in [2.05, 4.69) is 10.6 Å². The molecule has 0 saturated carbocycles. The summed E-state index contributed by atoms with van der Waals surface area (Å²) in [5, 5.41) is 2.96. The van der Waals surface area contributed by atoms with Gasteiger partial charge in [-0.05, 0) is 12.8 Å². The van der Waals surface area contributed by atoms with Crippen molar-refractivity contribution in [2.24, 2.45) is 0 Å². The average Bonchev–Trinajstić information content (AvgIpc) is 2.57. The minimum Gasteiger partial charge on any atom is -0.449 e. The molecule has 24 heavy (non-hydrogen) atoms. The van der Waals surface area contributed by atoms with Gasteiger partial charge < -0.3 is 9.47 Å². The van der Waals surface area contributed by atoms with Crippen LogP contribution in [0.4, 0.5) is 9.59 Å². The number of allylic oxidation sites excluding steroid dienone is 2. The van der Waals surface area contributed by atoms with Gasteiger partial charge in [-0.25, -0.2) is 9.59 Å². The SMILES string of the molecule is CCCOC(=O)NC1=C(Cl)C(=O)C(NC(=O)OCCC)=C(Cl)C1=O. The second kappa shape index (κ2) is 9.29. The minimum atomic E-state index is -0.950. The number of nitrogens with one attached hydrogen (secondary N) is 2. The number of hydrogen-bond donors (Lipinski definition) is 2. The highest BCUT2D eigenvalue weighted by atomic mass is 35.5. The summed E-state index contributed by atoms with van der Waals surface area (Å²) in [5.74, 6) is -1.86. The van der Waals surface area contributed by atoms with E-state index in [1.807, 2.05) is 0 Å². The first-order chi connectivity index (χ1) is 11.3. The van der Waals surface area contributed by atoms with Crippen LogP contribution in [0.25, 0.3) is 0 Å². The maximum Gasteiger partial charge on any atom is 0.411 e. The normalized spacial score (nSPS) is 14.7. The fourth-order valence-electron chi connectivity index (χ4n) is 1.53. The first-order valence-electron chi connectivity index (χ1n) is 7.09. The molecule has 2 amide bonds. The Balaban J connectivity index is 2.92. The Bertz CT molecular complexity index is 573. The minimum absolute atomic E-state index is 0.124. The summed E-state index contributed by atoms with van der Waals surface area (Å²) in [6.45, 7) is 3.81. The van der Waals surface area contributed by atoms with E-state index in [4.69, 9.17) is 32.7 Å². The van der Waals surface area contributed by atoms with Crippen LogP contribution in [0, 0.1) is 0 Å². The summed E-state index contributed by atoms with van der Waals surface area (Å²) in [5.41, 5.74) is -1.03. The zero-order valence-electron chi connectivity index (χ0n) is 13.0. The summed E-state index contributed by atoms with van der Waals surface area (Å²) in [7, 11) is 0. The molecule has 1 aliphatic carbocycles. The van der Waals surface area contributed by atoms with E-state index in [1.165, 1.54) is 0 Å². The third kappa shape index (κ3) is 4.97. The zero-order chi connectivity index (χ0) is 18.3. The molecule has 0 unspecified atom stereocenters. The van der Waals surface area contributed by atoms with E-state index in [0.717, 1.165) is 0 Å². The zero-order valence-corrected chi connectivity index (χ0v) is 14.5. The average molecular weight is 379 g/mol. The number of amides is 2. The Morgan fingerprint density at radius 1 is 0.833 bits per heavy atom. The maximum absolute atomic E-state index is 12.1. The standard InChI is InChI=1S/C14H16Cl2N2O6/c1-3-5-23-13(21)17-9-7(15)12(20)10(8(16)11(9)19)18-14(22)24-6-4-2/h3-6H2,1-2H3,(H,17,21)(H,18,22). The molecule has 0 bridgehead atoms. The van der Waals surface area contributed by atoms with Crippen molar-refractivity contribution in [3.8, 4) is 0 Å². The van der Waals surface area contributed by atoms with Crippen LogP contribution in [-0.2, 0) is 19.1 Å². The van der Waals surface area contributed by atoms with Crippen LogP contribution in [0.3, 0.4) is 0 Å². The summed E-state index contributed by atoms with van der Waals surface area (Å²) >= 11 is 11.6. The van der Waals surface area contributed by atoms with Gasteiger partial charge in [-0.1, -0.05) is 37.0 Å². The molecule has 10 heteroatoms. The third-order valence-electron chi connectivity index (χ3n) is 2.62. The first kappa shape index (κ1) is 20.0. The van der Waals surface area contributed by atoms with Gasteiger partial charge in [0.15, 0.2) is 0 Å². The van der Waals surface area contributed by atoms with Gasteiger partial charge in [0.05, 0.1) is 13.2 Å². The monoisotopic (exact) mass is 378 g/mol. The number of ketones is 2. The van der Waals surface area contributed by atoms with Gasteiger partial charge in [-0.15, -0.1) is 0 Å². The molecule has 2 N–H and O–H groups in total. The molecule has 0 spiro atoms. The van der Waals surface area contributed by atoms with Crippen molar-refractivity contribution in [3.05, 3.63) is 21.5 Å². The van der Waals surface area contributed by atoms with E-state index in [1.54, 1.807) is 13.8 Å². The van der Waals surface area contributed by atoms with Crippen molar-refractivity contribution in [1.82, 2.24) is 10.6 Å². The fourth-order valence-corrected chi connectivity index (χ4v) is 1.99. The molecular weight excluding hydrogens is 363 g/mol. The number of alkyl carbamates (subject to hydrolysis) is 2. The molecule has 0 aromatic heterocycles. The molecule has 0 fully saturated rings. The molecule has 0 aliphatic heterocycles. The summed E-state index contributed by atoms with van der Waals surface area (Å²) in [6, 6.07) is 0. The Morgan fingerprint density at radius 3 is 1.46 bits per heavy atom. The lowest BCUT2D eigenvalue weighted by Crippen LogP contribution is -2.38. The van der Waals surface area contributed by atoms with Crippen molar-refractivity contribution < 1.29 is 28.7 Å². The number of ether oxygens (including phenoxy) is 2. The number of Topliss-reactive ketones (excluding diaryl/α,β-unsaturated/α-hetero) is 2. The predicted molar refractivity (Wildman–Crippen MR) is 85.3 cm³/mol. The van der Waals surface area contributed by atoms with Crippen LogP contribution in [0.5, 0.6) is 0 Å². The molecule has 8 nitrogen and oxygen atoms in total.